The summed E-state index contributed by atoms with van der Waals surface area (Å²) >= 11 is 0. The minimum Gasteiger partial charge on any atom is -0.492 e. The maximum atomic E-state index is 12.6. The van der Waals surface area contributed by atoms with Crippen LogP contribution in [-0.2, 0) is 11.2 Å². The van der Waals surface area contributed by atoms with Gasteiger partial charge in [0, 0.05) is 11.4 Å². The molecule has 2 aromatic rings. The number of carbonyl (C=O) groups is 2. The van der Waals surface area contributed by atoms with Crippen molar-refractivity contribution < 1.29 is 14.3 Å². The van der Waals surface area contributed by atoms with Crippen LogP contribution in [0.3, 0.4) is 0 Å². The Kier molecular flexibility index (Phi) is 3.69. The smallest absolute Gasteiger partial charge is 0.259 e. The Labute approximate surface area is 140 Å². The number of fused-ring (bicyclic) bond motifs is 1. The highest BCUT2D eigenvalue weighted by atomic mass is 16.5. The number of ether oxygens (including phenoxy) is 1. The van der Waals surface area contributed by atoms with Gasteiger partial charge in [-0.1, -0.05) is 12.1 Å². The first kappa shape index (κ1) is 14.8. The monoisotopic (exact) mass is 322 g/mol. The maximum Gasteiger partial charge on any atom is 0.259 e. The van der Waals surface area contributed by atoms with Crippen molar-refractivity contribution in [3.63, 3.8) is 0 Å². The molecule has 1 heterocycles. The summed E-state index contributed by atoms with van der Waals surface area (Å²) in [6.07, 6.45) is 2.76. The largest absolute Gasteiger partial charge is 0.492 e. The van der Waals surface area contributed by atoms with Crippen LogP contribution in [0.1, 0.15) is 28.8 Å². The molecule has 5 nitrogen and oxygen atoms in total. The van der Waals surface area contributed by atoms with Crippen molar-refractivity contribution >= 4 is 23.2 Å². The average molecular weight is 322 g/mol. The zero-order valence-corrected chi connectivity index (χ0v) is 13.2. The van der Waals surface area contributed by atoms with E-state index in [2.05, 4.69) is 10.6 Å². The molecule has 2 aromatic carbocycles. The van der Waals surface area contributed by atoms with E-state index in [4.69, 9.17) is 4.74 Å². The molecule has 0 atom stereocenters. The molecule has 122 valence electrons. The van der Waals surface area contributed by atoms with E-state index in [1.165, 1.54) is 12.8 Å². The van der Waals surface area contributed by atoms with Gasteiger partial charge in [-0.2, -0.15) is 0 Å². The van der Waals surface area contributed by atoms with Crippen molar-refractivity contribution in [1.29, 1.82) is 0 Å². The molecular formula is C19H18N2O3. The molecule has 1 fully saturated rings. The van der Waals surface area contributed by atoms with Gasteiger partial charge in [-0.05, 0) is 54.7 Å². The van der Waals surface area contributed by atoms with E-state index in [1.54, 1.807) is 12.1 Å². The lowest BCUT2D eigenvalue weighted by Crippen LogP contribution is -2.14. The summed E-state index contributed by atoms with van der Waals surface area (Å²) in [6.45, 7) is 0.664. The highest BCUT2D eigenvalue weighted by Crippen LogP contribution is 2.31. The summed E-state index contributed by atoms with van der Waals surface area (Å²) in [5, 5.41) is 5.67. The number of para-hydroxylation sites is 1. The third-order valence-electron chi connectivity index (χ3n) is 4.29. The number of benzene rings is 2. The molecule has 0 spiro atoms. The number of amides is 2. The van der Waals surface area contributed by atoms with E-state index in [1.807, 2.05) is 30.3 Å². The fraction of sp³-hybridized carbons (Fsp3) is 0.263. The molecule has 0 radical (unpaired) electrons. The van der Waals surface area contributed by atoms with Gasteiger partial charge in [-0.25, -0.2) is 0 Å². The molecule has 1 saturated carbocycles. The normalized spacial score (nSPS) is 15.6. The van der Waals surface area contributed by atoms with Crippen LogP contribution in [0.15, 0.2) is 42.5 Å². The molecule has 4 rings (SSSR count). The predicted octanol–water partition coefficient (Wildman–Crippen LogP) is 3.22. The maximum absolute atomic E-state index is 12.6. The van der Waals surface area contributed by atoms with Gasteiger partial charge in [0.1, 0.15) is 5.75 Å². The summed E-state index contributed by atoms with van der Waals surface area (Å²) in [4.78, 5) is 24.0. The van der Waals surface area contributed by atoms with E-state index in [0.717, 1.165) is 11.3 Å². The Morgan fingerprint density at radius 2 is 2.04 bits per heavy atom. The molecule has 0 unspecified atom stereocenters. The Morgan fingerprint density at radius 3 is 2.88 bits per heavy atom. The van der Waals surface area contributed by atoms with Crippen LogP contribution in [0.5, 0.6) is 5.75 Å². The van der Waals surface area contributed by atoms with Gasteiger partial charge in [0.05, 0.1) is 18.6 Å². The van der Waals surface area contributed by atoms with Crippen LogP contribution < -0.4 is 15.4 Å². The molecule has 2 amide bonds. The first-order valence-electron chi connectivity index (χ1n) is 8.15. The van der Waals surface area contributed by atoms with E-state index >= 15 is 0 Å². The van der Waals surface area contributed by atoms with E-state index in [0.29, 0.717) is 35.9 Å². The fourth-order valence-corrected chi connectivity index (χ4v) is 2.78. The molecule has 0 bridgehead atoms. The zero-order valence-electron chi connectivity index (χ0n) is 13.2. The molecule has 2 aliphatic rings. The van der Waals surface area contributed by atoms with Crippen molar-refractivity contribution in [2.45, 2.75) is 19.3 Å². The van der Waals surface area contributed by atoms with Crippen LogP contribution in [0.4, 0.5) is 11.4 Å². The van der Waals surface area contributed by atoms with Gasteiger partial charge in [0.2, 0.25) is 5.91 Å². The fourth-order valence-electron chi connectivity index (χ4n) is 2.78. The number of rotatable bonds is 5. The number of carbonyl (C=O) groups excluding carboxylic acids is 2. The summed E-state index contributed by atoms with van der Waals surface area (Å²) in [5.74, 6) is 1.01. The Bertz CT molecular complexity index is 812. The summed E-state index contributed by atoms with van der Waals surface area (Å²) in [7, 11) is 0. The highest BCUT2D eigenvalue weighted by molar-refractivity contribution is 6.07. The standard InChI is InChI=1S/C19H18N2O3/c22-18-10-13-9-14(7-8-16(13)21-18)20-19(23)15-3-1-2-4-17(15)24-11-12-5-6-12/h1-4,7-9,12H,5-6,10-11H2,(H,20,23)(H,21,22). The van der Waals surface area contributed by atoms with Gasteiger partial charge < -0.3 is 15.4 Å². The van der Waals surface area contributed by atoms with Crippen molar-refractivity contribution in [2.75, 3.05) is 17.2 Å². The number of hydrogen-bond donors (Lipinski definition) is 2. The molecule has 0 aromatic heterocycles. The lowest BCUT2D eigenvalue weighted by molar-refractivity contribution is -0.115. The third kappa shape index (κ3) is 3.11. The highest BCUT2D eigenvalue weighted by Gasteiger charge is 2.23. The first-order valence-corrected chi connectivity index (χ1v) is 8.15. The number of anilines is 2. The van der Waals surface area contributed by atoms with Crippen molar-refractivity contribution in [3.8, 4) is 5.75 Å². The minimum atomic E-state index is -0.210. The molecule has 0 saturated heterocycles. The predicted molar refractivity (Wildman–Crippen MR) is 91.4 cm³/mol. The second-order valence-corrected chi connectivity index (χ2v) is 6.30. The van der Waals surface area contributed by atoms with Crippen LogP contribution in [0, 0.1) is 5.92 Å². The van der Waals surface area contributed by atoms with Crippen molar-refractivity contribution in [1.82, 2.24) is 0 Å². The lowest BCUT2D eigenvalue weighted by Gasteiger charge is -2.12. The summed E-state index contributed by atoms with van der Waals surface area (Å²) in [5.41, 5.74) is 2.90. The van der Waals surface area contributed by atoms with E-state index in [9.17, 15) is 9.59 Å². The van der Waals surface area contributed by atoms with Gasteiger partial charge in [-0.3, -0.25) is 9.59 Å². The summed E-state index contributed by atoms with van der Waals surface area (Å²) in [6, 6.07) is 12.7. The Morgan fingerprint density at radius 1 is 1.21 bits per heavy atom. The van der Waals surface area contributed by atoms with E-state index in [-0.39, 0.29) is 11.8 Å². The first-order chi connectivity index (χ1) is 11.7. The van der Waals surface area contributed by atoms with Crippen LogP contribution in [0.25, 0.3) is 0 Å². The van der Waals surface area contributed by atoms with Crippen molar-refractivity contribution in [2.24, 2.45) is 5.92 Å². The number of nitrogens with one attached hydrogen (secondary N) is 2. The van der Waals surface area contributed by atoms with Gasteiger partial charge >= 0.3 is 0 Å². The van der Waals surface area contributed by atoms with Gasteiger partial charge in [0.25, 0.3) is 5.91 Å². The lowest BCUT2D eigenvalue weighted by atomic mass is 10.1. The Balaban J connectivity index is 1.50. The van der Waals surface area contributed by atoms with Gasteiger partial charge in [0.15, 0.2) is 0 Å². The van der Waals surface area contributed by atoms with Gasteiger partial charge in [-0.15, -0.1) is 0 Å². The molecular weight excluding hydrogens is 304 g/mol. The quantitative estimate of drug-likeness (QED) is 0.888. The SMILES string of the molecule is O=C1Cc2cc(NC(=O)c3ccccc3OCC3CC3)ccc2N1. The third-order valence-corrected chi connectivity index (χ3v) is 4.29. The van der Waals surface area contributed by atoms with Crippen LogP contribution in [-0.4, -0.2) is 18.4 Å². The average Bonchev–Trinajstić information content (AvgIpc) is 3.33. The molecule has 24 heavy (non-hydrogen) atoms. The van der Waals surface area contributed by atoms with Crippen LogP contribution >= 0.6 is 0 Å². The second-order valence-electron chi connectivity index (χ2n) is 6.30. The van der Waals surface area contributed by atoms with Crippen LogP contribution in [0.2, 0.25) is 0 Å². The van der Waals surface area contributed by atoms with Crippen molar-refractivity contribution in [3.05, 3.63) is 53.6 Å². The second kappa shape index (κ2) is 6.00. The van der Waals surface area contributed by atoms with E-state index < -0.39 is 0 Å². The number of hydrogen-bond acceptors (Lipinski definition) is 3. The molecule has 1 aliphatic carbocycles. The Hall–Kier alpha value is -2.82. The molecule has 2 N–H and O–H groups in total. The minimum absolute atomic E-state index is 0.0210. The zero-order chi connectivity index (χ0) is 16.5. The molecule has 1 aliphatic heterocycles. The molecule has 5 heteroatoms. The summed E-state index contributed by atoms with van der Waals surface area (Å²) < 4.78 is 5.79. The topological polar surface area (TPSA) is 67.4 Å².